The van der Waals surface area contributed by atoms with Gasteiger partial charge in [0.1, 0.15) is 5.76 Å². The molecule has 2 rings (SSSR count). The average Bonchev–Trinajstić information content (AvgIpc) is 2.83. The molecule has 2 heterocycles. The van der Waals surface area contributed by atoms with Crippen molar-refractivity contribution in [2.75, 3.05) is 6.54 Å². The fourth-order valence-corrected chi connectivity index (χ4v) is 1.73. The zero-order valence-electron chi connectivity index (χ0n) is 8.98. The van der Waals surface area contributed by atoms with E-state index in [4.69, 9.17) is 4.42 Å². The minimum Gasteiger partial charge on any atom is -0.454 e. The fraction of sp³-hybridized carbons (Fsp3) is 0.400. The third-order valence-corrected chi connectivity index (χ3v) is 2.72. The van der Waals surface area contributed by atoms with E-state index in [0.717, 1.165) is 35.6 Å². The van der Waals surface area contributed by atoms with E-state index in [1.807, 2.05) is 19.2 Å². The predicted molar refractivity (Wildman–Crippen MR) is 62.8 cm³/mol. The maximum absolute atomic E-state index is 5.39. The molecule has 0 aliphatic heterocycles. The summed E-state index contributed by atoms with van der Waals surface area (Å²) in [5, 5.41) is 11.0. The van der Waals surface area contributed by atoms with Gasteiger partial charge in [0.25, 0.3) is 0 Å². The highest BCUT2D eigenvalue weighted by Crippen LogP contribution is 2.13. The van der Waals surface area contributed by atoms with E-state index in [1.54, 1.807) is 10.9 Å². The van der Waals surface area contributed by atoms with Crippen LogP contribution in [-0.4, -0.2) is 21.5 Å². The SMILES string of the molecule is Cn1nncc1CNCCc1ccc(Br)o1. The van der Waals surface area contributed by atoms with Crippen molar-refractivity contribution in [2.24, 2.45) is 7.05 Å². The summed E-state index contributed by atoms with van der Waals surface area (Å²) in [5.41, 5.74) is 1.07. The van der Waals surface area contributed by atoms with Crippen LogP contribution in [0.3, 0.4) is 0 Å². The molecule has 0 aromatic carbocycles. The topological polar surface area (TPSA) is 55.9 Å². The molecule has 2 aromatic heterocycles. The standard InChI is InChI=1S/C10H13BrN4O/c1-15-8(7-13-14-15)6-12-5-4-9-2-3-10(11)16-9/h2-3,7,12H,4-6H2,1H3. The van der Waals surface area contributed by atoms with Gasteiger partial charge >= 0.3 is 0 Å². The van der Waals surface area contributed by atoms with Gasteiger partial charge in [-0.25, -0.2) is 0 Å². The van der Waals surface area contributed by atoms with E-state index in [9.17, 15) is 0 Å². The van der Waals surface area contributed by atoms with Crippen molar-refractivity contribution < 1.29 is 4.42 Å². The van der Waals surface area contributed by atoms with Crippen molar-refractivity contribution in [1.82, 2.24) is 20.3 Å². The van der Waals surface area contributed by atoms with Crippen LogP contribution in [0.1, 0.15) is 11.5 Å². The first-order valence-electron chi connectivity index (χ1n) is 5.04. The number of halogens is 1. The number of rotatable bonds is 5. The minimum atomic E-state index is 0.769. The average molecular weight is 285 g/mol. The summed E-state index contributed by atoms with van der Waals surface area (Å²) in [7, 11) is 1.88. The molecule has 0 saturated heterocycles. The fourth-order valence-electron chi connectivity index (χ4n) is 1.39. The summed E-state index contributed by atoms with van der Waals surface area (Å²) in [6.07, 6.45) is 2.63. The lowest BCUT2D eigenvalue weighted by molar-refractivity contribution is 0.478. The monoisotopic (exact) mass is 284 g/mol. The highest BCUT2D eigenvalue weighted by Gasteiger charge is 2.01. The Balaban J connectivity index is 1.71. The molecular formula is C10H13BrN4O. The normalized spacial score (nSPS) is 10.9. The maximum atomic E-state index is 5.39. The molecule has 5 nitrogen and oxygen atoms in total. The molecule has 0 radical (unpaired) electrons. The molecule has 0 unspecified atom stereocenters. The molecule has 86 valence electrons. The Morgan fingerprint density at radius 3 is 3.00 bits per heavy atom. The van der Waals surface area contributed by atoms with Gasteiger partial charge in [-0.1, -0.05) is 5.21 Å². The number of furan rings is 1. The minimum absolute atomic E-state index is 0.769. The van der Waals surface area contributed by atoms with Crippen molar-refractivity contribution in [3.63, 3.8) is 0 Å². The highest BCUT2D eigenvalue weighted by atomic mass is 79.9. The van der Waals surface area contributed by atoms with Crippen LogP contribution in [0.5, 0.6) is 0 Å². The Labute approximate surface area is 102 Å². The Hall–Kier alpha value is -1.14. The number of nitrogens with zero attached hydrogens (tertiary/aromatic N) is 3. The van der Waals surface area contributed by atoms with Crippen LogP contribution in [-0.2, 0) is 20.0 Å². The largest absolute Gasteiger partial charge is 0.454 e. The van der Waals surface area contributed by atoms with Gasteiger partial charge in [0.15, 0.2) is 4.67 Å². The summed E-state index contributed by atoms with van der Waals surface area (Å²) in [4.78, 5) is 0. The number of aryl methyl sites for hydroxylation is 1. The third-order valence-electron chi connectivity index (χ3n) is 2.29. The molecule has 0 bridgehead atoms. The van der Waals surface area contributed by atoms with Gasteiger partial charge < -0.3 is 9.73 Å². The van der Waals surface area contributed by atoms with Gasteiger partial charge in [0.2, 0.25) is 0 Å². The first-order valence-corrected chi connectivity index (χ1v) is 5.83. The highest BCUT2D eigenvalue weighted by molar-refractivity contribution is 9.10. The van der Waals surface area contributed by atoms with E-state index >= 15 is 0 Å². The van der Waals surface area contributed by atoms with Crippen molar-refractivity contribution in [1.29, 1.82) is 0 Å². The second kappa shape index (κ2) is 5.27. The summed E-state index contributed by atoms with van der Waals surface area (Å²) >= 11 is 3.28. The molecule has 0 saturated carbocycles. The lowest BCUT2D eigenvalue weighted by Crippen LogP contribution is -2.18. The van der Waals surface area contributed by atoms with E-state index in [-0.39, 0.29) is 0 Å². The van der Waals surface area contributed by atoms with Crippen LogP contribution in [0.2, 0.25) is 0 Å². The van der Waals surface area contributed by atoms with Crippen molar-refractivity contribution in [3.8, 4) is 0 Å². The van der Waals surface area contributed by atoms with Gasteiger partial charge in [-0.05, 0) is 28.1 Å². The molecule has 0 aliphatic rings. The van der Waals surface area contributed by atoms with Gasteiger partial charge in [0.05, 0.1) is 11.9 Å². The van der Waals surface area contributed by atoms with Gasteiger partial charge in [0, 0.05) is 26.6 Å². The van der Waals surface area contributed by atoms with Crippen LogP contribution in [0.25, 0.3) is 0 Å². The van der Waals surface area contributed by atoms with Gasteiger partial charge in [-0.15, -0.1) is 5.10 Å². The van der Waals surface area contributed by atoms with Crippen LogP contribution in [0, 0.1) is 0 Å². The van der Waals surface area contributed by atoms with E-state index < -0.39 is 0 Å². The third kappa shape index (κ3) is 2.93. The van der Waals surface area contributed by atoms with Crippen molar-refractivity contribution in [2.45, 2.75) is 13.0 Å². The van der Waals surface area contributed by atoms with Crippen LogP contribution < -0.4 is 5.32 Å². The van der Waals surface area contributed by atoms with E-state index in [2.05, 4.69) is 31.6 Å². The zero-order chi connectivity index (χ0) is 11.4. The molecule has 0 atom stereocenters. The number of nitrogens with one attached hydrogen (secondary N) is 1. The molecule has 6 heteroatoms. The molecule has 1 N–H and O–H groups in total. The molecule has 2 aromatic rings. The Bertz CT molecular complexity index is 451. The maximum Gasteiger partial charge on any atom is 0.169 e. The Morgan fingerprint density at radius 1 is 1.50 bits per heavy atom. The van der Waals surface area contributed by atoms with E-state index in [1.165, 1.54) is 0 Å². The van der Waals surface area contributed by atoms with Crippen LogP contribution >= 0.6 is 15.9 Å². The van der Waals surface area contributed by atoms with Crippen molar-refractivity contribution in [3.05, 3.63) is 34.5 Å². The first kappa shape index (κ1) is 11.3. The quantitative estimate of drug-likeness (QED) is 0.846. The predicted octanol–water partition coefficient (Wildman–Crippen LogP) is 1.50. The number of hydrogen-bond acceptors (Lipinski definition) is 4. The summed E-state index contributed by atoms with van der Waals surface area (Å²) in [5.74, 6) is 0.975. The first-order chi connectivity index (χ1) is 7.75. The summed E-state index contributed by atoms with van der Waals surface area (Å²) in [6, 6.07) is 3.87. The summed E-state index contributed by atoms with van der Waals surface area (Å²) in [6.45, 7) is 1.64. The summed E-state index contributed by atoms with van der Waals surface area (Å²) < 4.78 is 7.93. The lowest BCUT2D eigenvalue weighted by atomic mass is 10.3. The van der Waals surface area contributed by atoms with Crippen LogP contribution in [0.15, 0.2) is 27.4 Å². The zero-order valence-corrected chi connectivity index (χ0v) is 10.6. The van der Waals surface area contributed by atoms with Crippen LogP contribution in [0.4, 0.5) is 0 Å². The number of aromatic nitrogens is 3. The lowest BCUT2D eigenvalue weighted by Gasteiger charge is -2.02. The molecular weight excluding hydrogens is 272 g/mol. The second-order valence-electron chi connectivity index (χ2n) is 3.48. The molecule has 0 amide bonds. The molecule has 0 spiro atoms. The van der Waals surface area contributed by atoms with E-state index in [0.29, 0.717) is 0 Å². The smallest absolute Gasteiger partial charge is 0.169 e. The molecule has 16 heavy (non-hydrogen) atoms. The second-order valence-corrected chi connectivity index (χ2v) is 4.26. The Kier molecular flexibility index (Phi) is 3.74. The number of hydrogen-bond donors (Lipinski definition) is 1. The van der Waals surface area contributed by atoms with Gasteiger partial charge in [-0.3, -0.25) is 4.68 Å². The van der Waals surface area contributed by atoms with Crippen molar-refractivity contribution >= 4 is 15.9 Å². The Morgan fingerprint density at radius 2 is 2.38 bits per heavy atom. The van der Waals surface area contributed by atoms with Gasteiger partial charge in [-0.2, -0.15) is 0 Å². The molecule has 0 fully saturated rings. The molecule has 0 aliphatic carbocycles.